The number of rotatable bonds is 60. The number of hydrogen-bond acceptors (Lipinski definition) is 6. The van der Waals surface area contributed by atoms with Crippen molar-refractivity contribution in [2.75, 3.05) is 13.2 Å². The zero-order valence-corrected chi connectivity index (χ0v) is 50.1. The van der Waals surface area contributed by atoms with E-state index in [-0.39, 0.29) is 31.1 Å². The summed E-state index contributed by atoms with van der Waals surface area (Å²) in [6.45, 7) is 6.64. The molecule has 0 N–H and O–H groups in total. The third-order valence-electron chi connectivity index (χ3n) is 14.5. The molecule has 0 saturated heterocycles. The largest absolute Gasteiger partial charge is 0.462 e. The van der Waals surface area contributed by atoms with Gasteiger partial charge in [-0.1, -0.05) is 293 Å². The second kappa shape index (κ2) is 63.6. The van der Waals surface area contributed by atoms with Gasteiger partial charge >= 0.3 is 17.9 Å². The van der Waals surface area contributed by atoms with Crippen molar-refractivity contribution >= 4 is 17.9 Å². The molecule has 0 aromatic heterocycles. The molecule has 436 valence electrons. The van der Waals surface area contributed by atoms with Crippen LogP contribution < -0.4 is 0 Å². The molecule has 0 aromatic carbocycles. The predicted molar refractivity (Wildman–Crippen MR) is 325 cm³/mol. The van der Waals surface area contributed by atoms with Crippen LogP contribution >= 0.6 is 0 Å². The molecule has 0 aliphatic rings. The summed E-state index contributed by atoms with van der Waals surface area (Å²) in [4.78, 5) is 38.4. The zero-order valence-electron chi connectivity index (χ0n) is 50.1. The van der Waals surface area contributed by atoms with Gasteiger partial charge in [-0.25, -0.2) is 0 Å². The van der Waals surface area contributed by atoms with E-state index >= 15 is 0 Å². The molecule has 0 bridgehead atoms. The summed E-state index contributed by atoms with van der Waals surface area (Å²) in [5.41, 5.74) is 0. The number of hydrogen-bond donors (Lipinski definition) is 0. The molecule has 1 unspecified atom stereocenters. The summed E-state index contributed by atoms with van der Waals surface area (Å²) in [5, 5.41) is 0. The average Bonchev–Trinajstić information content (AvgIpc) is 3.41. The summed E-state index contributed by atoms with van der Waals surface area (Å²) in [5.74, 6) is -0.874. The van der Waals surface area contributed by atoms with Gasteiger partial charge in [0.15, 0.2) is 6.10 Å². The van der Waals surface area contributed by atoms with Crippen LogP contribution in [0.15, 0.2) is 60.8 Å². The summed E-state index contributed by atoms with van der Waals surface area (Å²) in [6.07, 6.45) is 80.7. The van der Waals surface area contributed by atoms with Crippen LogP contribution in [0.5, 0.6) is 0 Å². The van der Waals surface area contributed by atoms with Crippen LogP contribution in [0.2, 0.25) is 0 Å². The van der Waals surface area contributed by atoms with Gasteiger partial charge in [0.05, 0.1) is 0 Å². The van der Waals surface area contributed by atoms with Crippen LogP contribution in [-0.2, 0) is 28.6 Å². The Bertz CT molecular complexity index is 1340. The fourth-order valence-corrected chi connectivity index (χ4v) is 9.54. The van der Waals surface area contributed by atoms with Crippen molar-refractivity contribution in [3.8, 4) is 0 Å². The highest BCUT2D eigenvalue weighted by Gasteiger charge is 2.19. The second-order valence-corrected chi connectivity index (χ2v) is 22.0. The van der Waals surface area contributed by atoms with Crippen LogP contribution in [0, 0.1) is 0 Å². The number of ether oxygens (including phenoxy) is 3. The standard InChI is InChI=1S/C69H124O6/c1-4-7-10-13-16-19-22-25-28-31-33-34-36-38-41-44-47-50-53-56-59-62-68(71)74-65-66(64-73-67(70)61-58-55-52-49-46-43-40-37-30-27-24-21-18-15-12-9-6-3)75-69(72)63-60-57-54-51-48-45-42-39-35-32-29-26-23-20-17-14-11-8-5-2/h17,20,22,25-26,29,31,33,35,39,66H,4-16,18-19,21,23-24,27-28,30,32,34,36-38,40-65H2,1-3H3/b20-17-,25-22-,29-26-,33-31-,39-35-. The Morgan fingerprint density at radius 1 is 0.267 bits per heavy atom. The first kappa shape index (κ1) is 72.1. The molecule has 0 heterocycles. The van der Waals surface area contributed by atoms with Crippen molar-refractivity contribution in [1.82, 2.24) is 0 Å². The van der Waals surface area contributed by atoms with E-state index in [1.165, 1.54) is 212 Å². The highest BCUT2D eigenvalue weighted by molar-refractivity contribution is 5.71. The molecule has 6 heteroatoms. The van der Waals surface area contributed by atoms with Gasteiger partial charge in [0.1, 0.15) is 13.2 Å². The maximum absolute atomic E-state index is 12.9. The van der Waals surface area contributed by atoms with E-state index in [4.69, 9.17) is 14.2 Å². The van der Waals surface area contributed by atoms with Gasteiger partial charge in [-0.2, -0.15) is 0 Å². The first-order valence-electron chi connectivity index (χ1n) is 32.8. The van der Waals surface area contributed by atoms with E-state index in [0.717, 1.165) is 89.9 Å². The number of esters is 3. The van der Waals surface area contributed by atoms with Crippen molar-refractivity contribution in [2.45, 2.75) is 348 Å². The maximum atomic E-state index is 12.9. The summed E-state index contributed by atoms with van der Waals surface area (Å²) in [6, 6.07) is 0. The normalized spacial score (nSPS) is 12.4. The molecular weight excluding hydrogens is 925 g/mol. The molecule has 6 nitrogen and oxygen atoms in total. The highest BCUT2D eigenvalue weighted by atomic mass is 16.6. The number of carbonyl (C=O) groups excluding carboxylic acids is 3. The molecule has 0 fully saturated rings. The lowest BCUT2D eigenvalue weighted by Crippen LogP contribution is -2.30. The Hall–Kier alpha value is -2.89. The lowest BCUT2D eigenvalue weighted by atomic mass is 10.0. The van der Waals surface area contributed by atoms with E-state index in [2.05, 4.69) is 81.5 Å². The fraction of sp³-hybridized carbons (Fsp3) is 0.812. The topological polar surface area (TPSA) is 78.9 Å². The van der Waals surface area contributed by atoms with E-state index in [1.807, 2.05) is 0 Å². The molecule has 0 spiro atoms. The molecule has 75 heavy (non-hydrogen) atoms. The first-order valence-corrected chi connectivity index (χ1v) is 32.8. The summed E-state index contributed by atoms with van der Waals surface area (Å²) < 4.78 is 17.0. The number of allylic oxidation sites excluding steroid dienone is 10. The monoisotopic (exact) mass is 1050 g/mol. The van der Waals surface area contributed by atoms with Crippen molar-refractivity contribution in [2.24, 2.45) is 0 Å². The van der Waals surface area contributed by atoms with E-state index in [0.29, 0.717) is 19.3 Å². The molecule has 0 aromatic rings. The first-order chi connectivity index (χ1) is 37.0. The molecule has 1 atom stereocenters. The molecule has 0 saturated carbocycles. The average molecular weight is 1050 g/mol. The highest BCUT2D eigenvalue weighted by Crippen LogP contribution is 2.17. The minimum absolute atomic E-state index is 0.0776. The van der Waals surface area contributed by atoms with Crippen molar-refractivity contribution in [1.29, 1.82) is 0 Å². The predicted octanol–water partition coefficient (Wildman–Crippen LogP) is 22.3. The Morgan fingerprint density at radius 2 is 0.480 bits per heavy atom. The number of carbonyl (C=O) groups is 3. The van der Waals surface area contributed by atoms with Gasteiger partial charge in [-0.15, -0.1) is 0 Å². The van der Waals surface area contributed by atoms with Crippen molar-refractivity contribution in [3.05, 3.63) is 60.8 Å². The molecule has 0 aliphatic carbocycles. The Kier molecular flexibility index (Phi) is 61.2. The van der Waals surface area contributed by atoms with Gasteiger partial charge in [-0.05, 0) is 89.9 Å². The van der Waals surface area contributed by atoms with E-state index in [9.17, 15) is 14.4 Å². The van der Waals surface area contributed by atoms with Crippen LogP contribution in [0.1, 0.15) is 342 Å². The van der Waals surface area contributed by atoms with E-state index < -0.39 is 6.10 Å². The Labute approximate surface area is 466 Å². The van der Waals surface area contributed by atoms with Crippen LogP contribution in [0.25, 0.3) is 0 Å². The molecule has 0 aliphatic heterocycles. The van der Waals surface area contributed by atoms with Gasteiger partial charge in [0.2, 0.25) is 0 Å². The van der Waals surface area contributed by atoms with E-state index in [1.54, 1.807) is 0 Å². The Morgan fingerprint density at radius 3 is 0.773 bits per heavy atom. The third kappa shape index (κ3) is 61.8. The quantitative estimate of drug-likeness (QED) is 0.0261. The molecule has 0 rings (SSSR count). The van der Waals surface area contributed by atoms with Gasteiger partial charge < -0.3 is 14.2 Å². The molecule has 0 amide bonds. The van der Waals surface area contributed by atoms with Crippen LogP contribution in [-0.4, -0.2) is 37.2 Å². The fourth-order valence-electron chi connectivity index (χ4n) is 9.54. The van der Waals surface area contributed by atoms with Gasteiger partial charge in [0.25, 0.3) is 0 Å². The van der Waals surface area contributed by atoms with Crippen molar-refractivity contribution in [3.63, 3.8) is 0 Å². The Balaban J connectivity index is 4.38. The minimum Gasteiger partial charge on any atom is -0.462 e. The van der Waals surface area contributed by atoms with Crippen LogP contribution in [0.4, 0.5) is 0 Å². The summed E-state index contributed by atoms with van der Waals surface area (Å²) >= 11 is 0. The van der Waals surface area contributed by atoms with Gasteiger partial charge in [0, 0.05) is 19.3 Å². The van der Waals surface area contributed by atoms with Crippen molar-refractivity contribution < 1.29 is 28.6 Å². The molecular formula is C69H124O6. The number of unbranched alkanes of at least 4 members (excludes halogenated alkanes) is 39. The smallest absolute Gasteiger partial charge is 0.306 e. The van der Waals surface area contributed by atoms with Crippen LogP contribution in [0.3, 0.4) is 0 Å². The maximum Gasteiger partial charge on any atom is 0.306 e. The molecule has 0 radical (unpaired) electrons. The summed E-state index contributed by atoms with van der Waals surface area (Å²) in [7, 11) is 0. The van der Waals surface area contributed by atoms with Gasteiger partial charge in [-0.3, -0.25) is 14.4 Å². The zero-order chi connectivity index (χ0) is 54.3. The third-order valence-corrected chi connectivity index (χ3v) is 14.5. The SMILES string of the molecule is CCCCC/C=C\C/C=C\C/C=C\CCCCCCCCC(=O)OC(COC(=O)CCCCCCCCCCC/C=C\C/C=C\CCCCCCC)COC(=O)CCCCCCCCCCCCCCCCCCC. The minimum atomic E-state index is -0.783. The second-order valence-electron chi connectivity index (χ2n) is 22.0. The lowest BCUT2D eigenvalue weighted by molar-refractivity contribution is -0.167. The lowest BCUT2D eigenvalue weighted by Gasteiger charge is -2.18.